The van der Waals surface area contributed by atoms with Crippen LogP contribution in [0.3, 0.4) is 0 Å². The van der Waals surface area contributed by atoms with Gasteiger partial charge in [-0.2, -0.15) is 4.98 Å². The number of rotatable bonds is 6. The average Bonchev–Trinajstić information content (AvgIpc) is 3.11. The number of thioether (sulfide) groups is 1. The molecule has 0 fully saturated rings. The van der Waals surface area contributed by atoms with Crippen molar-refractivity contribution in [3.63, 3.8) is 0 Å². The molecular formula is C16H20N4O2S2. The standard InChI is InChI=1S/C16H20N4O2S2/c1-5-7-11-17-12(22-19-11)8-23-16-18-14-13(9(3)10(4)24-14)15(21)20(16)6-2/h5-8H2,1-4H3. The van der Waals surface area contributed by atoms with Gasteiger partial charge in [0.1, 0.15) is 4.83 Å². The molecule has 8 heteroatoms. The van der Waals surface area contributed by atoms with Crippen LogP contribution in [-0.2, 0) is 18.7 Å². The Morgan fingerprint density at radius 3 is 2.75 bits per heavy atom. The van der Waals surface area contributed by atoms with Crippen molar-refractivity contribution in [2.45, 2.75) is 58.0 Å². The fourth-order valence-electron chi connectivity index (χ4n) is 2.50. The smallest absolute Gasteiger partial charge is 0.263 e. The zero-order valence-corrected chi connectivity index (χ0v) is 15.9. The van der Waals surface area contributed by atoms with Crippen LogP contribution in [0.4, 0.5) is 0 Å². The number of nitrogens with zero attached hydrogens (tertiary/aromatic N) is 4. The Bertz CT molecular complexity index is 926. The van der Waals surface area contributed by atoms with Crippen molar-refractivity contribution >= 4 is 33.3 Å². The molecule has 0 radical (unpaired) electrons. The first-order valence-electron chi connectivity index (χ1n) is 7.99. The largest absolute Gasteiger partial charge is 0.338 e. The molecule has 0 aliphatic carbocycles. The zero-order chi connectivity index (χ0) is 17.3. The van der Waals surface area contributed by atoms with E-state index in [-0.39, 0.29) is 5.56 Å². The number of aromatic nitrogens is 4. The summed E-state index contributed by atoms with van der Waals surface area (Å²) in [6.45, 7) is 8.63. The van der Waals surface area contributed by atoms with Crippen LogP contribution in [0.2, 0.25) is 0 Å². The van der Waals surface area contributed by atoms with Crippen molar-refractivity contribution in [3.05, 3.63) is 32.5 Å². The summed E-state index contributed by atoms with van der Waals surface area (Å²) < 4.78 is 6.98. The van der Waals surface area contributed by atoms with Crippen LogP contribution in [0.1, 0.15) is 42.4 Å². The van der Waals surface area contributed by atoms with Crippen LogP contribution in [0, 0.1) is 13.8 Å². The maximum absolute atomic E-state index is 12.8. The van der Waals surface area contributed by atoms with E-state index in [1.807, 2.05) is 20.8 Å². The second-order valence-electron chi connectivity index (χ2n) is 5.55. The summed E-state index contributed by atoms with van der Waals surface area (Å²) in [6.07, 6.45) is 1.79. The minimum atomic E-state index is 0.0315. The van der Waals surface area contributed by atoms with E-state index in [1.165, 1.54) is 11.8 Å². The minimum Gasteiger partial charge on any atom is -0.338 e. The first kappa shape index (κ1) is 17.2. The molecule has 0 bridgehead atoms. The van der Waals surface area contributed by atoms with Crippen molar-refractivity contribution in [1.82, 2.24) is 19.7 Å². The molecule has 0 aliphatic rings. The molecule has 0 N–H and O–H groups in total. The number of thiophene rings is 1. The summed E-state index contributed by atoms with van der Waals surface area (Å²) in [4.78, 5) is 23.8. The van der Waals surface area contributed by atoms with Crippen molar-refractivity contribution in [2.24, 2.45) is 0 Å². The third-order valence-corrected chi connectivity index (χ3v) is 5.94. The molecule has 0 unspecified atom stereocenters. The van der Waals surface area contributed by atoms with E-state index in [4.69, 9.17) is 9.51 Å². The maximum Gasteiger partial charge on any atom is 0.263 e. The predicted molar refractivity (Wildman–Crippen MR) is 96.9 cm³/mol. The Labute approximate surface area is 148 Å². The highest BCUT2D eigenvalue weighted by Crippen LogP contribution is 2.29. The molecule has 3 aromatic rings. The number of hydrogen-bond donors (Lipinski definition) is 0. The summed E-state index contributed by atoms with van der Waals surface area (Å²) >= 11 is 3.03. The topological polar surface area (TPSA) is 73.8 Å². The lowest BCUT2D eigenvalue weighted by Gasteiger charge is -2.08. The van der Waals surface area contributed by atoms with Crippen LogP contribution in [0.15, 0.2) is 14.5 Å². The molecular weight excluding hydrogens is 344 g/mol. The third kappa shape index (κ3) is 3.12. The quantitative estimate of drug-likeness (QED) is 0.490. The molecule has 0 saturated heterocycles. The first-order chi connectivity index (χ1) is 11.5. The SMILES string of the molecule is CCCc1noc(CSc2nc3sc(C)c(C)c3c(=O)n2CC)n1. The highest BCUT2D eigenvalue weighted by Gasteiger charge is 2.17. The molecule has 3 heterocycles. The Balaban J connectivity index is 1.92. The number of hydrogen-bond acceptors (Lipinski definition) is 7. The van der Waals surface area contributed by atoms with Crippen LogP contribution in [0.5, 0.6) is 0 Å². The highest BCUT2D eigenvalue weighted by atomic mass is 32.2. The molecule has 24 heavy (non-hydrogen) atoms. The van der Waals surface area contributed by atoms with E-state index in [0.29, 0.717) is 23.3 Å². The van der Waals surface area contributed by atoms with Gasteiger partial charge in [-0.25, -0.2) is 4.98 Å². The Morgan fingerprint density at radius 1 is 1.25 bits per heavy atom. The summed E-state index contributed by atoms with van der Waals surface area (Å²) in [5.41, 5.74) is 1.07. The zero-order valence-electron chi connectivity index (χ0n) is 14.3. The van der Waals surface area contributed by atoms with E-state index < -0.39 is 0 Å². The molecule has 128 valence electrons. The van der Waals surface area contributed by atoms with Gasteiger partial charge >= 0.3 is 0 Å². The molecule has 0 aromatic carbocycles. The monoisotopic (exact) mass is 364 g/mol. The molecule has 0 spiro atoms. The van der Waals surface area contributed by atoms with Gasteiger partial charge < -0.3 is 4.52 Å². The van der Waals surface area contributed by atoms with Crippen molar-refractivity contribution in [1.29, 1.82) is 0 Å². The maximum atomic E-state index is 12.8. The summed E-state index contributed by atoms with van der Waals surface area (Å²) in [6, 6.07) is 0. The fourth-order valence-corrected chi connectivity index (χ4v) is 4.47. The molecule has 0 saturated carbocycles. The Kier molecular flexibility index (Phi) is 5.05. The van der Waals surface area contributed by atoms with Gasteiger partial charge in [0.25, 0.3) is 5.56 Å². The minimum absolute atomic E-state index is 0.0315. The predicted octanol–water partition coefficient (Wildman–Crippen LogP) is 3.72. The Hall–Kier alpha value is -1.67. The van der Waals surface area contributed by atoms with Crippen molar-refractivity contribution < 1.29 is 4.52 Å². The lowest BCUT2D eigenvalue weighted by Crippen LogP contribution is -2.22. The van der Waals surface area contributed by atoms with Gasteiger partial charge in [0, 0.05) is 17.8 Å². The summed E-state index contributed by atoms with van der Waals surface area (Å²) in [5.74, 6) is 1.81. The molecule has 3 aromatic heterocycles. The molecule has 0 atom stereocenters. The van der Waals surface area contributed by atoms with Gasteiger partial charge in [-0.05, 0) is 32.8 Å². The molecule has 3 rings (SSSR count). The van der Waals surface area contributed by atoms with E-state index in [0.717, 1.165) is 39.3 Å². The van der Waals surface area contributed by atoms with E-state index >= 15 is 0 Å². The van der Waals surface area contributed by atoms with Gasteiger partial charge in [-0.15, -0.1) is 11.3 Å². The van der Waals surface area contributed by atoms with Crippen molar-refractivity contribution in [2.75, 3.05) is 0 Å². The molecule has 6 nitrogen and oxygen atoms in total. The van der Waals surface area contributed by atoms with Crippen LogP contribution in [0.25, 0.3) is 10.2 Å². The third-order valence-electron chi connectivity index (χ3n) is 3.88. The van der Waals surface area contributed by atoms with Gasteiger partial charge in [0.15, 0.2) is 11.0 Å². The lowest BCUT2D eigenvalue weighted by molar-refractivity contribution is 0.384. The normalized spacial score (nSPS) is 11.5. The summed E-state index contributed by atoms with van der Waals surface area (Å²) in [5, 5.41) is 5.40. The van der Waals surface area contributed by atoms with Gasteiger partial charge in [0.2, 0.25) is 5.89 Å². The van der Waals surface area contributed by atoms with Crippen molar-refractivity contribution in [3.8, 4) is 0 Å². The van der Waals surface area contributed by atoms with E-state index in [1.54, 1.807) is 15.9 Å². The average molecular weight is 364 g/mol. The number of fused-ring (bicyclic) bond motifs is 1. The van der Waals surface area contributed by atoms with Crippen LogP contribution in [-0.4, -0.2) is 19.7 Å². The fraction of sp³-hybridized carbons (Fsp3) is 0.500. The Morgan fingerprint density at radius 2 is 2.04 bits per heavy atom. The second-order valence-corrected chi connectivity index (χ2v) is 7.70. The second kappa shape index (κ2) is 7.06. The number of aryl methyl sites for hydroxylation is 3. The molecule has 0 amide bonds. The highest BCUT2D eigenvalue weighted by molar-refractivity contribution is 7.98. The van der Waals surface area contributed by atoms with Gasteiger partial charge in [-0.3, -0.25) is 9.36 Å². The lowest BCUT2D eigenvalue weighted by atomic mass is 10.2. The van der Waals surface area contributed by atoms with Crippen LogP contribution >= 0.6 is 23.1 Å². The van der Waals surface area contributed by atoms with Gasteiger partial charge in [0.05, 0.1) is 11.1 Å². The summed E-state index contributed by atoms with van der Waals surface area (Å²) in [7, 11) is 0. The van der Waals surface area contributed by atoms with E-state index in [2.05, 4.69) is 17.1 Å². The van der Waals surface area contributed by atoms with Crippen LogP contribution < -0.4 is 5.56 Å². The van der Waals surface area contributed by atoms with Gasteiger partial charge in [-0.1, -0.05) is 23.8 Å². The first-order valence-corrected chi connectivity index (χ1v) is 9.80. The molecule has 0 aliphatic heterocycles. The van der Waals surface area contributed by atoms with E-state index in [9.17, 15) is 4.79 Å².